The van der Waals surface area contributed by atoms with Crippen molar-refractivity contribution in [1.82, 2.24) is 4.98 Å². The summed E-state index contributed by atoms with van der Waals surface area (Å²) >= 11 is 0. The van der Waals surface area contributed by atoms with Crippen molar-refractivity contribution in [3.8, 4) is 0 Å². The first kappa shape index (κ1) is 9.90. The predicted molar refractivity (Wildman–Crippen MR) is 63.7 cm³/mol. The molecule has 86 valence electrons. The van der Waals surface area contributed by atoms with Gasteiger partial charge in [0.05, 0.1) is 18.2 Å². The van der Waals surface area contributed by atoms with Crippen molar-refractivity contribution in [2.75, 3.05) is 17.7 Å². The first-order chi connectivity index (χ1) is 7.85. The van der Waals surface area contributed by atoms with Gasteiger partial charge in [0.1, 0.15) is 11.6 Å². The second kappa shape index (κ2) is 3.94. The number of aromatic nitrogens is 1. The van der Waals surface area contributed by atoms with E-state index in [1.54, 1.807) is 0 Å². The lowest BCUT2D eigenvalue weighted by atomic mass is 9.95. The molecule has 3 atom stereocenters. The number of fused-ring (bicyclic) bond motifs is 2. The molecule has 16 heavy (non-hydrogen) atoms. The summed E-state index contributed by atoms with van der Waals surface area (Å²) in [5, 5.41) is 6.51. The molecule has 2 aliphatic rings. The molecular formula is C12H17N3O. The molecule has 3 unspecified atom stereocenters. The van der Waals surface area contributed by atoms with Gasteiger partial charge < -0.3 is 15.4 Å². The van der Waals surface area contributed by atoms with Crippen LogP contribution in [0.1, 0.15) is 19.3 Å². The van der Waals surface area contributed by atoms with Crippen LogP contribution in [0.15, 0.2) is 18.2 Å². The van der Waals surface area contributed by atoms with E-state index in [1.807, 2.05) is 25.2 Å². The van der Waals surface area contributed by atoms with Crippen LogP contribution in [0.25, 0.3) is 0 Å². The molecule has 4 nitrogen and oxygen atoms in total. The van der Waals surface area contributed by atoms with E-state index in [0.717, 1.165) is 18.1 Å². The maximum absolute atomic E-state index is 5.81. The van der Waals surface area contributed by atoms with Gasteiger partial charge >= 0.3 is 0 Å². The van der Waals surface area contributed by atoms with Gasteiger partial charge in [-0.1, -0.05) is 6.07 Å². The minimum Gasteiger partial charge on any atom is -0.373 e. The van der Waals surface area contributed by atoms with Gasteiger partial charge in [-0.2, -0.15) is 0 Å². The van der Waals surface area contributed by atoms with Crippen molar-refractivity contribution in [3.05, 3.63) is 18.2 Å². The molecule has 2 fully saturated rings. The standard InChI is InChI=1S/C12H17N3O/c1-13-11-3-2-4-12(15-11)14-9-7-8-5-6-10(9)16-8/h2-4,8-10H,5-7H2,1H3,(H2,13,14,15). The number of pyridine rings is 1. The smallest absolute Gasteiger partial charge is 0.128 e. The summed E-state index contributed by atoms with van der Waals surface area (Å²) in [5.74, 6) is 1.84. The van der Waals surface area contributed by atoms with E-state index in [9.17, 15) is 0 Å². The monoisotopic (exact) mass is 219 g/mol. The number of anilines is 2. The van der Waals surface area contributed by atoms with Crippen LogP contribution in [0.3, 0.4) is 0 Å². The molecule has 3 heterocycles. The summed E-state index contributed by atoms with van der Waals surface area (Å²) in [4.78, 5) is 4.46. The summed E-state index contributed by atoms with van der Waals surface area (Å²) in [6, 6.07) is 6.42. The van der Waals surface area contributed by atoms with Gasteiger partial charge in [0, 0.05) is 7.05 Å². The van der Waals surface area contributed by atoms with Gasteiger partial charge in [-0.05, 0) is 31.4 Å². The number of hydrogen-bond acceptors (Lipinski definition) is 4. The summed E-state index contributed by atoms with van der Waals surface area (Å²) in [7, 11) is 1.88. The van der Waals surface area contributed by atoms with E-state index in [4.69, 9.17) is 4.74 Å². The third-order valence-corrected chi connectivity index (χ3v) is 3.44. The van der Waals surface area contributed by atoms with Gasteiger partial charge in [-0.15, -0.1) is 0 Å². The maximum atomic E-state index is 5.81. The summed E-state index contributed by atoms with van der Waals surface area (Å²) < 4.78 is 5.81. The van der Waals surface area contributed by atoms with Crippen LogP contribution in [0.4, 0.5) is 11.6 Å². The summed E-state index contributed by atoms with van der Waals surface area (Å²) in [5.41, 5.74) is 0. The van der Waals surface area contributed by atoms with Crippen LogP contribution in [-0.2, 0) is 4.74 Å². The zero-order valence-corrected chi connectivity index (χ0v) is 9.44. The van der Waals surface area contributed by atoms with Gasteiger partial charge in [-0.3, -0.25) is 0 Å². The van der Waals surface area contributed by atoms with E-state index in [0.29, 0.717) is 18.2 Å². The van der Waals surface area contributed by atoms with E-state index >= 15 is 0 Å². The zero-order valence-electron chi connectivity index (χ0n) is 9.44. The molecule has 2 aliphatic heterocycles. The number of nitrogens with one attached hydrogen (secondary N) is 2. The van der Waals surface area contributed by atoms with Crippen molar-refractivity contribution >= 4 is 11.6 Å². The minimum atomic E-state index is 0.394. The molecule has 3 rings (SSSR count). The summed E-state index contributed by atoms with van der Waals surface area (Å²) in [6.45, 7) is 0. The highest BCUT2D eigenvalue weighted by Crippen LogP contribution is 2.35. The highest BCUT2D eigenvalue weighted by Gasteiger charge is 2.40. The van der Waals surface area contributed by atoms with Gasteiger partial charge in [0.15, 0.2) is 0 Å². The first-order valence-electron chi connectivity index (χ1n) is 5.92. The molecule has 0 aromatic carbocycles. The fourth-order valence-electron chi connectivity index (χ4n) is 2.63. The van der Waals surface area contributed by atoms with Crippen molar-refractivity contribution < 1.29 is 4.74 Å². The second-order valence-corrected chi connectivity index (χ2v) is 4.52. The van der Waals surface area contributed by atoms with E-state index in [-0.39, 0.29) is 0 Å². The summed E-state index contributed by atoms with van der Waals surface area (Å²) in [6.07, 6.45) is 4.41. The Kier molecular flexibility index (Phi) is 2.44. The molecule has 0 aliphatic carbocycles. The van der Waals surface area contributed by atoms with Crippen LogP contribution in [-0.4, -0.2) is 30.3 Å². The average Bonchev–Trinajstić information content (AvgIpc) is 2.91. The Balaban J connectivity index is 1.69. The van der Waals surface area contributed by atoms with Crippen molar-refractivity contribution in [1.29, 1.82) is 0 Å². The van der Waals surface area contributed by atoms with Gasteiger partial charge in [0.2, 0.25) is 0 Å². The Bertz CT molecular complexity index is 382. The lowest BCUT2D eigenvalue weighted by Gasteiger charge is -2.20. The molecule has 2 saturated heterocycles. The molecule has 4 heteroatoms. The van der Waals surface area contributed by atoms with Crippen LogP contribution in [0.5, 0.6) is 0 Å². The van der Waals surface area contributed by atoms with Crippen molar-refractivity contribution in [2.24, 2.45) is 0 Å². The first-order valence-corrected chi connectivity index (χ1v) is 5.92. The van der Waals surface area contributed by atoms with Gasteiger partial charge in [0.25, 0.3) is 0 Å². The molecule has 0 saturated carbocycles. The van der Waals surface area contributed by atoms with Crippen LogP contribution in [0, 0.1) is 0 Å². The number of hydrogen-bond donors (Lipinski definition) is 2. The molecular weight excluding hydrogens is 202 g/mol. The van der Waals surface area contributed by atoms with E-state index in [1.165, 1.54) is 12.8 Å². The molecule has 2 bridgehead atoms. The highest BCUT2D eigenvalue weighted by molar-refractivity contribution is 5.45. The van der Waals surface area contributed by atoms with Crippen LogP contribution < -0.4 is 10.6 Å². The number of rotatable bonds is 3. The zero-order chi connectivity index (χ0) is 11.0. The lowest BCUT2D eigenvalue weighted by molar-refractivity contribution is 0.102. The average molecular weight is 219 g/mol. The third-order valence-electron chi connectivity index (χ3n) is 3.44. The topological polar surface area (TPSA) is 46.2 Å². The number of nitrogens with zero attached hydrogens (tertiary/aromatic N) is 1. The predicted octanol–water partition coefficient (Wildman–Crippen LogP) is 1.86. The van der Waals surface area contributed by atoms with Crippen molar-refractivity contribution in [2.45, 2.75) is 37.5 Å². The SMILES string of the molecule is CNc1cccc(NC2CC3CCC2O3)n1. The number of ether oxygens (including phenoxy) is 1. The normalized spacial score (nSPS) is 31.7. The maximum Gasteiger partial charge on any atom is 0.128 e. The largest absolute Gasteiger partial charge is 0.373 e. The minimum absolute atomic E-state index is 0.394. The van der Waals surface area contributed by atoms with Crippen LogP contribution in [0.2, 0.25) is 0 Å². The molecule has 1 aromatic heterocycles. The van der Waals surface area contributed by atoms with Crippen LogP contribution >= 0.6 is 0 Å². The molecule has 0 radical (unpaired) electrons. The Labute approximate surface area is 95.4 Å². The Morgan fingerprint density at radius 3 is 2.88 bits per heavy atom. The molecule has 0 amide bonds. The second-order valence-electron chi connectivity index (χ2n) is 4.52. The fraction of sp³-hybridized carbons (Fsp3) is 0.583. The lowest BCUT2D eigenvalue weighted by Crippen LogP contribution is -2.30. The van der Waals surface area contributed by atoms with Gasteiger partial charge in [-0.25, -0.2) is 4.98 Å². The van der Waals surface area contributed by atoms with E-state index in [2.05, 4.69) is 15.6 Å². The highest BCUT2D eigenvalue weighted by atomic mass is 16.5. The Morgan fingerprint density at radius 1 is 1.31 bits per heavy atom. The quantitative estimate of drug-likeness (QED) is 0.814. The molecule has 1 aromatic rings. The fourth-order valence-corrected chi connectivity index (χ4v) is 2.63. The Morgan fingerprint density at radius 2 is 2.19 bits per heavy atom. The molecule has 0 spiro atoms. The van der Waals surface area contributed by atoms with E-state index < -0.39 is 0 Å². The van der Waals surface area contributed by atoms with Crippen molar-refractivity contribution in [3.63, 3.8) is 0 Å². The molecule has 2 N–H and O–H groups in total. The Hall–Kier alpha value is -1.29. The third kappa shape index (κ3) is 1.73.